The number of rotatable bonds is 7. The molecule has 1 N–H and O–H groups in total. The van der Waals surface area contributed by atoms with Crippen LogP contribution in [0.5, 0.6) is 5.75 Å². The molecule has 2 aromatic rings. The molecule has 0 bridgehead atoms. The number of thiophene rings is 1. The summed E-state index contributed by atoms with van der Waals surface area (Å²) >= 11 is 7.89. The van der Waals surface area contributed by atoms with Crippen LogP contribution in [-0.2, 0) is 9.53 Å². The Morgan fingerprint density at radius 3 is 2.67 bits per heavy atom. The largest absolute Gasteiger partial charge is 0.484 e. The lowest BCUT2D eigenvalue weighted by molar-refractivity contribution is -0.123. The molecular weight excluding hydrogens is 384 g/mol. The Bertz CT molecular complexity index is 738. The average Bonchev–Trinajstić information content (AvgIpc) is 3.20. The summed E-state index contributed by atoms with van der Waals surface area (Å²) in [7, 11) is 0. The Morgan fingerprint density at radius 1 is 1.33 bits per heavy atom. The predicted molar refractivity (Wildman–Crippen MR) is 109 cm³/mol. The summed E-state index contributed by atoms with van der Waals surface area (Å²) in [5, 5.41) is 5.81. The second-order valence-corrected chi connectivity index (χ2v) is 8.00. The van der Waals surface area contributed by atoms with E-state index in [-0.39, 0.29) is 18.6 Å². The molecule has 1 unspecified atom stereocenters. The van der Waals surface area contributed by atoms with Gasteiger partial charge in [-0.25, -0.2) is 0 Å². The smallest absolute Gasteiger partial charge is 0.258 e. The van der Waals surface area contributed by atoms with Crippen molar-refractivity contribution >= 4 is 28.8 Å². The number of nitrogens with zero attached hydrogens (tertiary/aromatic N) is 1. The summed E-state index contributed by atoms with van der Waals surface area (Å²) in [6.45, 7) is 7.60. The molecule has 5 nitrogen and oxygen atoms in total. The van der Waals surface area contributed by atoms with E-state index in [4.69, 9.17) is 21.1 Å². The van der Waals surface area contributed by atoms with E-state index in [2.05, 4.69) is 21.7 Å². The number of hydrogen-bond acceptors (Lipinski definition) is 5. The summed E-state index contributed by atoms with van der Waals surface area (Å²) < 4.78 is 11.1. The first-order valence-corrected chi connectivity index (χ1v) is 10.3. The first-order valence-electron chi connectivity index (χ1n) is 9.06. The molecule has 1 aromatic heterocycles. The zero-order chi connectivity index (χ0) is 19.2. The minimum Gasteiger partial charge on any atom is -0.484 e. The lowest BCUT2D eigenvalue weighted by Gasteiger charge is -2.34. The Labute approximate surface area is 169 Å². The van der Waals surface area contributed by atoms with Crippen molar-refractivity contribution in [1.82, 2.24) is 10.2 Å². The highest BCUT2D eigenvalue weighted by atomic mass is 35.5. The van der Waals surface area contributed by atoms with E-state index in [1.165, 1.54) is 4.88 Å². The number of amides is 1. The van der Waals surface area contributed by atoms with Crippen LogP contribution in [0.15, 0.2) is 29.6 Å². The minimum absolute atomic E-state index is 0.0131. The molecular formula is C20H25ClN2O3S. The first kappa shape index (κ1) is 20.1. The second kappa shape index (κ2) is 9.55. The van der Waals surface area contributed by atoms with Gasteiger partial charge in [0.2, 0.25) is 0 Å². The number of hydrogen-bond donors (Lipinski definition) is 1. The molecule has 7 heteroatoms. The Kier molecular flexibility index (Phi) is 7.13. The quantitative estimate of drug-likeness (QED) is 0.760. The highest BCUT2D eigenvalue weighted by Gasteiger charge is 2.24. The molecule has 146 valence electrons. The van der Waals surface area contributed by atoms with Gasteiger partial charge in [0.05, 0.1) is 19.3 Å². The standard InChI is InChI=1S/C20H25ClN2O3S/c1-14-10-16(11-15(2)20(14)21)26-13-19(24)22-12-17(18-4-3-9-27-18)23-5-7-25-8-6-23/h3-4,9-11,17H,5-8,12-13H2,1-2H3,(H,22,24). The summed E-state index contributed by atoms with van der Waals surface area (Å²) in [6, 6.07) is 8.03. The topological polar surface area (TPSA) is 50.8 Å². The highest BCUT2D eigenvalue weighted by molar-refractivity contribution is 7.10. The number of aryl methyl sites for hydroxylation is 2. The number of carbonyl (C=O) groups is 1. The van der Waals surface area contributed by atoms with Gasteiger partial charge in [-0.3, -0.25) is 9.69 Å². The normalized spacial score (nSPS) is 16.1. The van der Waals surface area contributed by atoms with Gasteiger partial charge >= 0.3 is 0 Å². The molecule has 0 radical (unpaired) electrons. The van der Waals surface area contributed by atoms with Crippen LogP contribution in [0.2, 0.25) is 5.02 Å². The van der Waals surface area contributed by atoms with Crippen LogP contribution < -0.4 is 10.1 Å². The molecule has 0 saturated carbocycles. The number of ether oxygens (including phenoxy) is 2. The minimum atomic E-state index is -0.130. The van der Waals surface area contributed by atoms with Gasteiger partial charge < -0.3 is 14.8 Å². The third-order valence-corrected chi connectivity index (χ3v) is 6.20. The molecule has 3 rings (SSSR count). The van der Waals surface area contributed by atoms with Crippen LogP contribution in [0.4, 0.5) is 0 Å². The van der Waals surface area contributed by atoms with Gasteiger partial charge in [-0.05, 0) is 48.6 Å². The molecule has 1 aliphatic rings. The summed E-state index contributed by atoms with van der Waals surface area (Å²) in [4.78, 5) is 15.9. The Hall–Kier alpha value is -1.60. The fourth-order valence-corrected chi connectivity index (χ4v) is 4.15. The zero-order valence-corrected chi connectivity index (χ0v) is 17.2. The second-order valence-electron chi connectivity index (χ2n) is 6.64. The molecule has 27 heavy (non-hydrogen) atoms. The molecule has 2 heterocycles. The third-order valence-electron chi connectivity index (χ3n) is 4.63. The van der Waals surface area contributed by atoms with Crippen LogP contribution in [0.3, 0.4) is 0 Å². The molecule has 1 aliphatic heterocycles. The monoisotopic (exact) mass is 408 g/mol. The molecule has 0 spiro atoms. The van der Waals surface area contributed by atoms with Gasteiger partial charge in [0.1, 0.15) is 5.75 Å². The SMILES string of the molecule is Cc1cc(OCC(=O)NCC(c2cccs2)N2CCOCC2)cc(C)c1Cl. The molecule has 1 amide bonds. The zero-order valence-electron chi connectivity index (χ0n) is 15.7. The van der Waals surface area contributed by atoms with E-state index in [9.17, 15) is 4.79 Å². The van der Waals surface area contributed by atoms with Gasteiger partial charge in [-0.1, -0.05) is 17.7 Å². The number of nitrogens with one attached hydrogen (secondary N) is 1. The van der Waals surface area contributed by atoms with Gasteiger partial charge in [-0.2, -0.15) is 0 Å². The molecule has 1 aromatic carbocycles. The van der Waals surface area contributed by atoms with Crippen molar-refractivity contribution in [2.75, 3.05) is 39.5 Å². The maximum Gasteiger partial charge on any atom is 0.258 e. The number of carbonyl (C=O) groups excluding carboxylic acids is 1. The fraction of sp³-hybridized carbons (Fsp3) is 0.450. The van der Waals surface area contributed by atoms with E-state index in [0.717, 1.165) is 42.5 Å². The van der Waals surface area contributed by atoms with E-state index in [1.807, 2.05) is 32.0 Å². The van der Waals surface area contributed by atoms with Crippen molar-refractivity contribution in [2.24, 2.45) is 0 Å². The molecule has 1 saturated heterocycles. The van der Waals surface area contributed by atoms with Gasteiger partial charge in [0.15, 0.2) is 6.61 Å². The number of morpholine rings is 1. The maximum absolute atomic E-state index is 12.3. The molecule has 1 atom stereocenters. The van der Waals surface area contributed by atoms with E-state index < -0.39 is 0 Å². The van der Waals surface area contributed by atoms with Crippen molar-refractivity contribution in [3.05, 3.63) is 50.7 Å². The van der Waals surface area contributed by atoms with E-state index in [0.29, 0.717) is 12.3 Å². The Balaban J connectivity index is 1.54. The van der Waals surface area contributed by atoms with Crippen LogP contribution in [0, 0.1) is 13.8 Å². The summed E-state index contributed by atoms with van der Waals surface area (Å²) in [5.74, 6) is 0.530. The van der Waals surface area contributed by atoms with Gasteiger partial charge in [0.25, 0.3) is 5.91 Å². The third kappa shape index (κ3) is 5.45. The van der Waals surface area contributed by atoms with Crippen molar-refractivity contribution in [3.63, 3.8) is 0 Å². The lowest BCUT2D eigenvalue weighted by atomic mass is 10.1. The Morgan fingerprint density at radius 2 is 2.04 bits per heavy atom. The molecule has 1 fully saturated rings. The van der Waals surface area contributed by atoms with Crippen molar-refractivity contribution in [3.8, 4) is 5.75 Å². The van der Waals surface area contributed by atoms with Crippen molar-refractivity contribution in [2.45, 2.75) is 19.9 Å². The van der Waals surface area contributed by atoms with Crippen molar-refractivity contribution in [1.29, 1.82) is 0 Å². The predicted octanol–water partition coefficient (Wildman–Crippen LogP) is 3.59. The average molecular weight is 409 g/mol. The number of halogens is 1. The summed E-state index contributed by atoms with van der Waals surface area (Å²) in [5.41, 5.74) is 1.88. The summed E-state index contributed by atoms with van der Waals surface area (Å²) in [6.07, 6.45) is 0. The fourth-order valence-electron chi connectivity index (χ4n) is 3.18. The van der Waals surface area contributed by atoms with Crippen LogP contribution in [0.1, 0.15) is 22.0 Å². The highest BCUT2D eigenvalue weighted by Crippen LogP contribution is 2.26. The van der Waals surface area contributed by atoms with E-state index in [1.54, 1.807) is 11.3 Å². The van der Waals surface area contributed by atoms with Gasteiger partial charge in [-0.15, -0.1) is 11.3 Å². The van der Waals surface area contributed by atoms with Crippen LogP contribution in [0.25, 0.3) is 0 Å². The van der Waals surface area contributed by atoms with Crippen LogP contribution >= 0.6 is 22.9 Å². The van der Waals surface area contributed by atoms with Crippen molar-refractivity contribution < 1.29 is 14.3 Å². The lowest BCUT2D eigenvalue weighted by Crippen LogP contribution is -2.44. The van der Waals surface area contributed by atoms with Crippen LogP contribution in [-0.4, -0.2) is 50.3 Å². The first-order chi connectivity index (χ1) is 13.0. The van der Waals surface area contributed by atoms with Gasteiger partial charge in [0, 0.05) is 29.5 Å². The molecule has 0 aliphatic carbocycles. The number of benzene rings is 1. The maximum atomic E-state index is 12.3. The van der Waals surface area contributed by atoms with E-state index >= 15 is 0 Å².